The van der Waals surface area contributed by atoms with E-state index in [1.807, 2.05) is 6.07 Å². The van der Waals surface area contributed by atoms with Crippen LogP contribution in [0.2, 0.25) is 0 Å². The van der Waals surface area contributed by atoms with Crippen LogP contribution in [0.15, 0.2) is 18.2 Å². The Bertz CT molecular complexity index is 379. The summed E-state index contributed by atoms with van der Waals surface area (Å²) in [6.45, 7) is 8.93. The summed E-state index contributed by atoms with van der Waals surface area (Å²) in [5.74, 6) is 1.84. The van der Waals surface area contributed by atoms with Crippen molar-refractivity contribution >= 4 is 0 Å². The number of rotatable bonds is 6. The second kappa shape index (κ2) is 6.64. The number of hydrogen-bond acceptors (Lipinski definition) is 3. The van der Waals surface area contributed by atoms with Crippen LogP contribution in [0, 0.1) is 0 Å². The SMILES string of the molecule is CCCCN(CC)Cc1cccc2c1OCCO2. The summed E-state index contributed by atoms with van der Waals surface area (Å²) in [4.78, 5) is 2.46. The fourth-order valence-electron chi connectivity index (χ4n) is 2.23. The molecule has 1 heterocycles. The fraction of sp³-hybridized carbons (Fsp3) is 0.600. The predicted molar refractivity (Wildman–Crippen MR) is 73.3 cm³/mol. The minimum absolute atomic E-state index is 0.657. The molecule has 0 radical (unpaired) electrons. The normalized spacial score (nSPS) is 13.9. The predicted octanol–water partition coefficient (Wildman–Crippen LogP) is 3.08. The molecule has 18 heavy (non-hydrogen) atoms. The van der Waals surface area contributed by atoms with E-state index in [0.717, 1.165) is 31.1 Å². The summed E-state index contributed by atoms with van der Waals surface area (Å²) in [6, 6.07) is 6.18. The Morgan fingerprint density at radius 1 is 1.17 bits per heavy atom. The molecule has 1 aromatic rings. The summed E-state index contributed by atoms with van der Waals surface area (Å²) >= 11 is 0. The van der Waals surface area contributed by atoms with Crippen LogP contribution in [-0.2, 0) is 6.54 Å². The fourth-order valence-corrected chi connectivity index (χ4v) is 2.23. The minimum Gasteiger partial charge on any atom is -0.486 e. The third-order valence-electron chi connectivity index (χ3n) is 3.32. The van der Waals surface area contributed by atoms with Crippen LogP contribution in [0.25, 0.3) is 0 Å². The third-order valence-corrected chi connectivity index (χ3v) is 3.32. The number of hydrogen-bond donors (Lipinski definition) is 0. The van der Waals surface area contributed by atoms with Crippen LogP contribution in [0.4, 0.5) is 0 Å². The van der Waals surface area contributed by atoms with Gasteiger partial charge in [0.25, 0.3) is 0 Å². The van der Waals surface area contributed by atoms with Crippen molar-refractivity contribution in [3.8, 4) is 11.5 Å². The molecule has 1 aliphatic rings. The number of para-hydroxylation sites is 1. The van der Waals surface area contributed by atoms with Crippen LogP contribution in [0.5, 0.6) is 11.5 Å². The molecule has 3 nitrogen and oxygen atoms in total. The molecule has 1 aliphatic heterocycles. The smallest absolute Gasteiger partial charge is 0.165 e. The topological polar surface area (TPSA) is 21.7 Å². The molecular formula is C15H23NO2. The van der Waals surface area contributed by atoms with E-state index in [1.54, 1.807) is 0 Å². The number of fused-ring (bicyclic) bond motifs is 1. The molecule has 0 N–H and O–H groups in total. The maximum absolute atomic E-state index is 5.75. The van der Waals surface area contributed by atoms with Gasteiger partial charge in [-0.15, -0.1) is 0 Å². The van der Waals surface area contributed by atoms with E-state index in [4.69, 9.17) is 9.47 Å². The number of ether oxygens (including phenoxy) is 2. The van der Waals surface area contributed by atoms with E-state index in [0.29, 0.717) is 13.2 Å². The molecule has 1 aromatic carbocycles. The summed E-state index contributed by atoms with van der Waals surface area (Å²) in [6.07, 6.45) is 2.49. The van der Waals surface area contributed by atoms with Gasteiger partial charge in [-0.1, -0.05) is 32.4 Å². The van der Waals surface area contributed by atoms with Gasteiger partial charge in [-0.05, 0) is 25.6 Å². The van der Waals surface area contributed by atoms with Gasteiger partial charge in [0.15, 0.2) is 11.5 Å². The average Bonchev–Trinajstić information content (AvgIpc) is 2.43. The van der Waals surface area contributed by atoms with Gasteiger partial charge in [0.2, 0.25) is 0 Å². The molecule has 3 heteroatoms. The molecular weight excluding hydrogens is 226 g/mol. The van der Waals surface area contributed by atoms with Gasteiger partial charge in [0.1, 0.15) is 13.2 Å². The van der Waals surface area contributed by atoms with E-state index >= 15 is 0 Å². The minimum atomic E-state index is 0.657. The standard InChI is InChI=1S/C15H23NO2/c1-3-5-9-16(4-2)12-13-7-6-8-14-15(13)18-11-10-17-14/h6-8H,3-5,9-12H2,1-2H3. The van der Waals surface area contributed by atoms with Crippen molar-refractivity contribution in [1.29, 1.82) is 0 Å². The molecule has 100 valence electrons. The molecule has 0 aromatic heterocycles. The van der Waals surface area contributed by atoms with Gasteiger partial charge in [-0.3, -0.25) is 4.90 Å². The average molecular weight is 249 g/mol. The van der Waals surface area contributed by atoms with E-state index in [1.165, 1.54) is 18.4 Å². The van der Waals surface area contributed by atoms with Gasteiger partial charge in [-0.25, -0.2) is 0 Å². The highest BCUT2D eigenvalue weighted by Crippen LogP contribution is 2.34. The van der Waals surface area contributed by atoms with Crippen molar-refractivity contribution in [1.82, 2.24) is 4.90 Å². The largest absolute Gasteiger partial charge is 0.486 e. The molecule has 0 aliphatic carbocycles. The van der Waals surface area contributed by atoms with E-state index in [9.17, 15) is 0 Å². The molecule has 0 unspecified atom stereocenters. The number of unbranched alkanes of at least 4 members (excludes halogenated alkanes) is 1. The second-order valence-corrected chi connectivity index (χ2v) is 4.66. The lowest BCUT2D eigenvalue weighted by molar-refractivity contribution is 0.166. The first-order valence-corrected chi connectivity index (χ1v) is 6.95. The maximum atomic E-state index is 5.75. The highest BCUT2D eigenvalue weighted by atomic mass is 16.6. The zero-order valence-corrected chi connectivity index (χ0v) is 11.4. The molecule has 0 atom stereocenters. The van der Waals surface area contributed by atoms with Crippen LogP contribution >= 0.6 is 0 Å². The molecule has 0 fully saturated rings. The summed E-state index contributed by atoms with van der Waals surface area (Å²) in [5, 5.41) is 0. The number of nitrogens with zero attached hydrogens (tertiary/aromatic N) is 1. The molecule has 0 saturated heterocycles. The van der Waals surface area contributed by atoms with Crippen LogP contribution in [0.3, 0.4) is 0 Å². The summed E-state index contributed by atoms with van der Waals surface area (Å²) < 4.78 is 11.4. The van der Waals surface area contributed by atoms with Crippen molar-refractivity contribution < 1.29 is 9.47 Å². The highest BCUT2D eigenvalue weighted by molar-refractivity contribution is 5.47. The van der Waals surface area contributed by atoms with Gasteiger partial charge in [0.05, 0.1) is 0 Å². The lowest BCUT2D eigenvalue weighted by atomic mass is 10.1. The lowest BCUT2D eigenvalue weighted by Crippen LogP contribution is -2.25. The summed E-state index contributed by atoms with van der Waals surface area (Å²) in [5.41, 5.74) is 1.24. The Kier molecular flexibility index (Phi) is 4.88. The Balaban J connectivity index is 2.08. The summed E-state index contributed by atoms with van der Waals surface area (Å²) in [7, 11) is 0. The van der Waals surface area contributed by atoms with Gasteiger partial charge in [-0.2, -0.15) is 0 Å². The van der Waals surface area contributed by atoms with E-state index < -0.39 is 0 Å². The Labute approximate surface area is 110 Å². The Morgan fingerprint density at radius 2 is 2.00 bits per heavy atom. The highest BCUT2D eigenvalue weighted by Gasteiger charge is 2.16. The van der Waals surface area contributed by atoms with Crippen LogP contribution in [-0.4, -0.2) is 31.2 Å². The molecule has 0 spiro atoms. The molecule has 0 bridgehead atoms. The molecule has 0 saturated carbocycles. The first-order valence-electron chi connectivity index (χ1n) is 6.95. The van der Waals surface area contributed by atoms with Crippen molar-refractivity contribution in [2.24, 2.45) is 0 Å². The van der Waals surface area contributed by atoms with Crippen LogP contribution in [0.1, 0.15) is 32.3 Å². The third kappa shape index (κ3) is 3.16. The zero-order valence-electron chi connectivity index (χ0n) is 11.4. The van der Waals surface area contributed by atoms with Crippen molar-refractivity contribution in [3.05, 3.63) is 23.8 Å². The zero-order chi connectivity index (χ0) is 12.8. The Morgan fingerprint density at radius 3 is 2.78 bits per heavy atom. The monoisotopic (exact) mass is 249 g/mol. The lowest BCUT2D eigenvalue weighted by Gasteiger charge is -2.25. The van der Waals surface area contributed by atoms with Crippen molar-refractivity contribution in [2.45, 2.75) is 33.2 Å². The quantitative estimate of drug-likeness (QED) is 0.773. The second-order valence-electron chi connectivity index (χ2n) is 4.66. The Hall–Kier alpha value is -1.22. The van der Waals surface area contributed by atoms with Gasteiger partial charge >= 0.3 is 0 Å². The first-order chi connectivity index (χ1) is 8.85. The maximum Gasteiger partial charge on any atom is 0.165 e. The van der Waals surface area contributed by atoms with Crippen molar-refractivity contribution in [2.75, 3.05) is 26.3 Å². The van der Waals surface area contributed by atoms with Gasteiger partial charge in [0, 0.05) is 12.1 Å². The van der Waals surface area contributed by atoms with Crippen LogP contribution < -0.4 is 9.47 Å². The molecule has 0 amide bonds. The number of benzene rings is 1. The van der Waals surface area contributed by atoms with Gasteiger partial charge < -0.3 is 9.47 Å². The van der Waals surface area contributed by atoms with E-state index in [2.05, 4.69) is 30.9 Å². The van der Waals surface area contributed by atoms with E-state index in [-0.39, 0.29) is 0 Å². The molecule has 2 rings (SSSR count). The first kappa shape index (κ1) is 13.2. The van der Waals surface area contributed by atoms with Crippen molar-refractivity contribution in [3.63, 3.8) is 0 Å².